The minimum Gasteiger partial charge on any atom is -0.385 e. The fourth-order valence-corrected chi connectivity index (χ4v) is 1.94. The van der Waals surface area contributed by atoms with E-state index in [-0.39, 0.29) is 0 Å². The van der Waals surface area contributed by atoms with Gasteiger partial charge in [0.1, 0.15) is 0 Å². The van der Waals surface area contributed by atoms with E-state index >= 15 is 0 Å². The summed E-state index contributed by atoms with van der Waals surface area (Å²) in [5.41, 5.74) is 0. The average Bonchev–Trinajstić information content (AvgIpc) is 2.16. The van der Waals surface area contributed by atoms with Gasteiger partial charge in [-0.1, -0.05) is 13.3 Å². The van der Waals surface area contributed by atoms with Gasteiger partial charge in [0, 0.05) is 26.0 Å². The maximum Gasteiger partial charge on any atom is 0.0474 e. The van der Waals surface area contributed by atoms with E-state index < -0.39 is 0 Å². The molecule has 2 nitrogen and oxygen atoms in total. The largest absolute Gasteiger partial charge is 0.385 e. The van der Waals surface area contributed by atoms with Crippen molar-refractivity contribution in [3.05, 3.63) is 0 Å². The van der Waals surface area contributed by atoms with Crippen LogP contribution in [0, 0.1) is 0 Å². The maximum absolute atomic E-state index is 4.96. The minimum absolute atomic E-state index is 0.871. The lowest BCUT2D eigenvalue weighted by Crippen LogP contribution is -2.19. The first-order chi connectivity index (χ1) is 6.41. The molecule has 0 fully saturated rings. The van der Waals surface area contributed by atoms with E-state index in [1.165, 1.54) is 24.3 Å². The van der Waals surface area contributed by atoms with Crippen molar-refractivity contribution in [2.45, 2.75) is 26.2 Å². The first-order valence-corrected chi connectivity index (χ1v) is 6.34. The van der Waals surface area contributed by atoms with E-state index in [2.05, 4.69) is 12.2 Å². The standard InChI is InChI=1S/C10H23NOS/c1-3-4-9-13-10-7-11-6-5-8-12-2/h11H,3-10H2,1-2H3. The van der Waals surface area contributed by atoms with Gasteiger partial charge in [0.05, 0.1) is 0 Å². The SMILES string of the molecule is CCCCSCCNCCCOC. The smallest absolute Gasteiger partial charge is 0.0474 e. The Kier molecular flexibility index (Phi) is 12.5. The van der Waals surface area contributed by atoms with Gasteiger partial charge in [-0.05, 0) is 25.1 Å². The molecule has 3 heteroatoms. The predicted molar refractivity (Wildman–Crippen MR) is 61.6 cm³/mol. The summed E-state index contributed by atoms with van der Waals surface area (Å²) in [6.07, 6.45) is 3.79. The van der Waals surface area contributed by atoms with Gasteiger partial charge in [0.2, 0.25) is 0 Å². The van der Waals surface area contributed by atoms with E-state index in [1.54, 1.807) is 7.11 Å². The molecule has 0 aromatic carbocycles. The van der Waals surface area contributed by atoms with Crippen molar-refractivity contribution in [3.8, 4) is 0 Å². The average molecular weight is 205 g/mol. The van der Waals surface area contributed by atoms with Crippen LogP contribution in [0.4, 0.5) is 0 Å². The zero-order chi connectivity index (χ0) is 9.78. The number of unbranched alkanes of at least 4 members (excludes halogenated alkanes) is 1. The molecule has 80 valence electrons. The Hall–Kier alpha value is 0.270. The zero-order valence-corrected chi connectivity index (χ0v) is 9.79. The fraction of sp³-hybridized carbons (Fsp3) is 1.00. The third-order valence-electron chi connectivity index (χ3n) is 1.77. The Balaban J connectivity index is 2.76. The molecule has 0 heterocycles. The van der Waals surface area contributed by atoms with Gasteiger partial charge in [-0.15, -0.1) is 0 Å². The van der Waals surface area contributed by atoms with Crippen LogP contribution in [-0.2, 0) is 4.74 Å². The summed E-state index contributed by atoms with van der Waals surface area (Å²) in [5, 5.41) is 3.40. The van der Waals surface area contributed by atoms with E-state index in [4.69, 9.17) is 4.74 Å². The second kappa shape index (κ2) is 12.3. The van der Waals surface area contributed by atoms with Crippen LogP contribution in [0.25, 0.3) is 0 Å². The van der Waals surface area contributed by atoms with Crippen molar-refractivity contribution >= 4 is 11.8 Å². The van der Waals surface area contributed by atoms with Gasteiger partial charge >= 0.3 is 0 Å². The molecule has 0 aromatic rings. The summed E-state index contributed by atoms with van der Waals surface area (Å²) in [5.74, 6) is 2.56. The van der Waals surface area contributed by atoms with Crippen LogP contribution in [0.1, 0.15) is 26.2 Å². The van der Waals surface area contributed by atoms with Crippen molar-refractivity contribution in [3.63, 3.8) is 0 Å². The molecular weight excluding hydrogens is 182 g/mol. The van der Waals surface area contributed by atoms with Crippen LogP contribution in [-0.4, -0.2) is 38.3 Å². The molecule has 0 bridgehead atoms. The lowest BCUT2D eigenvalue weighted by molar-refractivity contribution is 0.194. The molecule has 0 amide bonds. The molecular formula is C10H23NOS. The van der Waals surface area contributed by atoms with Gasteiger partial charge in [0.15, 0.2) is 0 Å². The lowest BCUT2D eigenvalue weighted by Gasteiger charge is -2.03. The molecule has 0 unspecified atom stereocenters. The van der Waals surface area contributed by atoms with Crippen LogP contribution in [0.3, 0.4) is 0 Å². The van der Waals surface area contributed by atoms with Crippen molar-refractivity contribution in [2.24, 2.45) is 0 Å². The molecule has 0 atom stereocenters. The maximum atomic E-state index is 4.96. The highest BCUT2D eigenvalue weighted by molar-refractivity contribution is 7.99. The Bertz CT molecular complexity index is 81.0. The molecule has 0 spiro atoms. The molecule has 0 saturated heterocycles. The molecule has 0 aromatic heterocycles. The van der Waals surface area contributed by atoms with Crippen molar-refractivity contribution < 1.29 is 4.74 Å². The van der Waals surface area contributed by atoms with Gasteiger partial charge in [-0.3, -0.25) is 0 Å². The summed E-state index contributed by atoms with van der Waals surface area (Å²) in [6, 6.07) is 0. The molecule has 0 saturated carbocycles. The normalized spacial score (nSPS) is 10.6. The van der Waals surface area contributed by atoms with Gasteiger partial charge in [-0.2, -0.15) is 11.8 Å². The molecule has 0 aliphatic rings. The topological polar surface area (TPSA) is 21.3 Å². The number of ether oxygens (including phenoxy) is 1. The molecule has 0 aliphatic heterocycles. The second-order valence-corrected chi connectivity index (χ2v) is 4.29. The van der Waals surface area contributed by atoms with Crippen molar-refractivity contribution in [1.29, 1.82) is 0 Å². The summed E-state index contributed by atoms with van der Waals surface area (Å²) >= 11 is 2.05. The van der Waals surface area contributed by atoms with Crippen molar-refractivity contribution in [1.82, 2.24) is 5.32 Å². The van der Waals surface area contributed by atoms with Gasteiger partial charge in [0.25, 0.3) is 0 Å². The molecule has 13 heavy (non-hydrogen) atoms. The first-order valence-electron chi connectivity index (χ1n) is 5.19. The molecule has 0 rings (SSSR count). The number of methoxy groups -OCH3 is 1. The number of nitrogens with one attached hydrogen (secondary N) is 1. The van der Waals surface area contributed by atoms with E-state index in [1.807, 2.05) is 11.8 Å². The molecule has 0 aliphatic carbocycles. The molecule has 1 N–H and O–H groups in total. The van der Waals surface area contributed by atoms with E-state index in [0.717, 1.165) is 26.1 Å². The minimum atomic E-state index is 0.871. The first kappa shape index (κ1) is 13.3. The highest BCUT2D eigenvalue weighted by Gasteiger charge is 1.89. The summed E-state index contributed by atoms with van der Waals surface area (Å²) in [6.45, 7) is 5.33. The van der Waals surface area contributed by atoms with Gasteiger partial charge < -0.3 is 10.1 Å². The monoisotopic (exact) mass is 205 g/mol. The van der Waals surface area contributed by atoms with Crippen LogP contribution in [0.15, 0.2) is 0 Å². The van der Waals surface area contributed by atoms with Crippen LogP contribution >= 0.6 is 11.8 Å². The quantitative estimate of drug-likeness (QED) is 0.552. The Morgan fingerprint density at radius 2 is 2.00 bits per heavy atom. The number of hydrogen-bond donors (Lipinski definition) is 1. The highest BCUT2D eigenvalue weighted by atomic mass is 32.2. The number of rotatable bonds is 10. The van der Waals surface area contributed by atoms with Gasteiger partial charge in [-0.25, -0.2) is 0 Å². The Morgan fingerprint density at radius 3 is 2.69 bits per heavy atom. The van der Waals surface area contributed by atoms with Crippen LogP contribution in [0.5, 0.6) is 0 Å². The van der Waals surface area contributed by atoms with Crippen LogP contribution < -0.4 is 5.32 Å². The summed E-state index contributed by atoms with van der Waals surface area (Å²) < 4.78 is 4.96. The Morgan fingerprint density at radius 1 is 1.15 bits per heavy atom. The summed E-state index contributed by atoms with van der Waals surface area (Å²) in [4.78, 5) is 0. The zero-order valence-electron chi connectivity index (χ0n) is 8.97. The van der Waals surface area contributed by atoms with Crippen LogP contribution in [0.2, 0.25) is 0 Å². The number of hydrogen-bond acceptors (Lipinski definition) is 3. The lowest BCUT2D eigenvalue weighted by atomic mass is 10.4. The second-order valence-electron chi connectivity index (χ2n) is 3.06. The summed E-state index contributed by atoms with van der Waals surface area (Å²) in [7, 11) is 1.75. The van der Waals surface area contributed by atoms with E-state index in [0.29, 0.717) is 0 Å². The number of thioether (sulfide) groups is 1. The third kappa shape index (κ3) is 12.3. The third-order valence-corrected chi connectivity index (χ3v) is 2.84. The van der Waals surface area contributed by atoms with Crippen molar-refractivity contribution in [2.75, 3.05) is 38.3 Å². The highest BCUT2D eigenvalue weighted by Crippen LogP contribution is 2.02. The fourth-order valence-electron chi connectivity index (χ4n) is 0.959. The Labute approximate surface area is 86.8 Å². The predicted octanol–water partition coefficient (Wildman–Crippen LogP) is 2.15. The molecule has 0 radical (unpaired) electrons. The van der Waals surface area contributed by atoms with E-state index in [9.17, 15) is 0 Å².